The van der Waals surface area contributed by atoms with Gasteiger partial charge in [0.15, 0.2) is 5.84 Å². The highest BCUT2D eigenvalue weighted by Crippen LogP contribution is 2.27. The van der Waals surface area contributed by atoms with Crippen molar-refractivity contribution in [3.63, 3.8) is 0 Å². The van der Waals surface area contributed by atoms with Crippen LogP contribution in [0.4, 0.5) is 5.69 Å². The van der Waals surface area contributed by atoms with Crippen molar-refractivity contribution in [1.82, 2.24) is 0 Å². The van der Waals surface area contributed by atoms with Crippen LogP contribution in [-0.2, 0) is 4.74 Å². The Balaban J connectivity index is 3.17. The van der Waals surface area contributed by atoms with E-state index in [2.05, 4.69) is 21.1 Å². The third-order valence-corrected chi connectivity index (χ3v) is 3.29. The molecule has 6 nitrogen and oxygen atoms in total. The smallest absolute Gasteiger partial charge is 0.173 e. The van der Waals surface area contributed by atoms with Crippen molar-refractivity contribution < 1.29 is 15.1 Å². The number of nitrogens with two attached hydrogens (primary N) is 1. The van der Waals surface area contributed by atoms with Gasteiger partial charge in [-0.3, -0.25) is 0 Å². The molecule has 1 aromatic rings. The molecular formula is C12H18BrN3O3. The van der Waals surface area contributed by atoms with Crippen molar-refractivity contribution >= 4 is 27.5 Å². The van der Waals surface area contributed by atoms with E-state index in [1.165, 1.54) is 0 Å². The molecule has 0 aliphatic heterocycles. The van der Waals surface area contributed by atoms with Gasteiger partial charge in [0.05, 0.1) is 18.8 Å². The quantitative estimate of drug-likeness (QED) is 0.300. The van der Waals surface area contributed by atoms with E-state index in [1.807, 2.05) is 23.1 Å². The number of hydrogen-bond acceptors (Lipinski definition) is 5. The first-order valence-corrected chi connectivity index (χ1v) is 6.56. The fourth-order valence-electron chi connectivity index (χ4n) is 1.75. The predicted molar refractivity (Wildman–Crippen MR) is 77.8 cm³/mol. The molecule has 0 unspecified atom stereocenters. The lowest BCUT2D eigenvalue weighted by Gasteiger charge is -2.26. The lowest BCUT2D eigenvalue weighted by atomic mass is 10.1. The van der Waals surface area contributed by atoms with Gasteiger partial charge in [-0.15, -0.1) is 0 Å². The number of benzene rings is 1. The maximum Gasteiger partial charge on any atom is 0.173 e. The molecule has 0 fully saturated rings. The van der Waals surface area contributed by atoms with Gasteiger partial charge in [0.25, 0.3) is 0 Å². The van der Waals surface area contributed by atoms with Gasteiger partial charge in [-0.05, 0) is 28.1 Å². The lowest BCUT2D eigenvalue weighted by molar-refractivity contribution is 0.203. The summed E-state index contributed by atoms with van der Waals surface area (Å²) in [5.41, 5.74) is 7.07. The first kappa shape index (κ1) is 15.7. The molecule has 0 amide bonds. The Labute approximate surface area is 120 Å². The number of ether oxygens (including phenoxy) is 1. The monoisotopic (exact) mass is 331 g/mol. The maximum atomic E-state index is 9.15. The molecule has 0 saturated carbocycles. The molecule has 19 heavy (non-hydrogen) atoms. The third kappa shape index (κ3) is 4.09. The molecule has 0 atom stereocenters. The van der Waals surface area contributed by atoms with Crippen LogP contribution in [0.2, 0.25) is 0 Å². The highest BCUT2D eigenvalue weighted by Gasteiger charge is 2.16. The second-order valence-corrected chi connectivity index (χ2v) is 4.68. The van der Waals surface area contributed by atoms with Gasteiger partial charge >= 0.3 is 0 Å². The van der Waals surface area contributed by atoms with Crippen molar-refractivity contribution in [1.29, 1.82) is 0 Å². The minimum Gasteiger partial charge on any atom is -0.409 e. The highest BCUT2D eigenvalue weighted by molar-refractivity contribution is 9.10. The van der Waals surface area contributed by atoms with Crippen LogP contribution in [0.1, 0.15) is 5.56 Å². The molecular weight excluding hydrogens is 314 g/mol. The zero-order valence-corrected chi connectivity index (χ0v) is 12.3. The number of hydrogen-bond donors (Lipinski definition) is 3. The third-order valence-electron chi connectivity index (χ3n) is 2.63. The Morgan fingerprint density at radius 2 is 2.21 bits per heavy atom. The summed E-state index contributed by atoms with van der Waals surface area (Å²) in [7, 11) is 1.61. The van der Waals surface area contributed by atoms with Crippen LogP contribution in [0.3, 0.4) is 0 Å². The van der Waals surface area contributed by atoms with E-state index < -0.39 is 0 Å². The zero-order valence-electron chi connectivity index (χ0n) is 10.7. The summed E-state index contributed by atoms with van der Waals surface area (Å²) in [6, 6.07) is 5.51. The Hall–Kier alpha value is -1.31. The number of oxime groups is 1. The summed E-state index contributed by atoms with van der Waals surface area (Å²) in [4.78, 5) is 1.92. The van der Waals surface area contributed by atoms with Crippen LogP contribution in [0.5, 0.6) is 0 Å². The number of amidine groups is 1. The van der Waals surface area contributed by atoms with Crippen molar-refractivity contribution in [3.8, 4) is 0 Å². The molecule has 1 aromatic carbocycles. The normalized spacial score (nSPS) is 11.6. The van der Waals surface area contributed by atoms with Gasteiger partial charge in [-0.25, -0.2) is 0 Å². The minimum atomic E-state index is 0.00579. The first-order chi connectivity index (χ1) is 9.15. The van der Waals surface area contributed by atoms with Crippen LogP contribution >= 0.6 is 15.9 Å². The fourth-order valence-corrected chi connectivity index (χ4v) is 2.31. The number of rotatable bonds is 7. The Kier molecular flexibility index (Phi) is 6.61. The van der Waals surface area contributed by atoms with E-state index in [9.17, 15) is 0 Å². The Morgan fingerprint density at radius 1 is 1.47 bits per heavy atom. The predicted octanol–water partition coefficient (Wildman–Crippen LogP) is 0.989. The molecule has 0 aliphatic rings. The topological polar surface area (TPSA) is 91.3 Å². The average molecular weight is 332 g/mol. The average Bonchev–Trinajstić information content (AvgIpc) is 2.42. The molecule has 0 aliphatic carbocycles. The molecule has 1 rings (SSSR count). The van der Waals surface area contributed by atoms with Crippen LogP contribution < -0.4 is 10.6 Å². The van der Waals surface area contributed by atoms with E-state index in [0.29, 0.717) is 25.3 Å². The summed E-state index contributed by atoms with van der Waals surface area (Å²) in [5.74, 6) is 0.0165. The maximum absolute atomic E-state index is 9.15. The number of nitrogens with zero attached hydrogens (tertiary/aromatic N) is 2. The molecule has 106 valence electrons. The van der Waals surface area contributed by atoms with E-state index in [-0.39, 0.29) is 12.4 Å². The fraction of sp³-hybridized carbons (Fsp3) is 0.417. The molecule has 0 bridgehead atoms. The highest BCUT2D eigenvalue weighted by atomic mass is 79.9. The van der Waals surface area contributed by atoms with Crippen LogP contribution in [0.25, 0.3) is 0 Å². The van der Waals surface area contributed by atoms with Gasteiger partial charge in [-0.1, -0.05) is 11.2 Å². The molecule has 0 saturated heterocycles. The number of anilines is 1. The molecule has 0 spiro atoms. The summed E-state index contributed by atoms with van der Waals surface area (Å²) in [6.07, 6.45) is 0. The molecule has 4 N–H and O–H groups in total. The second kappa shape index (κ2) is 7.98. The summed E-state index contributed by atoms with van der Waals surface area (Å²) >= 11 is 3.38. The van der Waals surface area contributed by atoms with Gasteiger partial charge in [0.1, 0.15) is 0 Å². The lowest BCUT2D eigenvalue weighted by Crippen LogP contribution is -2.32. The number of methoxy groups -OCH3 is 1. The van der Waals surface area contributed by atoms with Crippen molar-refractivity contribution in [2.45, 2.75) is 0 Å². The van der Waals surface area contributed by atoms with Crippen LogP contribution in [0, 0.1) is 0 Å². The van der Waals surface area contributed by atoms with E-state index >= 15 is 0 Å². The summed E-state index contributed by atoms with van der Waals surface area (Å²) < 4.78 is 5.77. The van der Waals surface area contributed by atoms with E-state index in [1.54, 1.807) is 7.11 Å². The van der Waals surface area contributed by atoms with E-state index in [4.69, 9.17) is 20.8 Å². The van der Waals surface area contributed by atoms with Crippen LogP contribution in [0.15, 0.2) is 27.8 Å². The van der Waals surface area contributed by atoms with Gasteiger partial charge in [0.2, 0.25) is 0 Å². The number of aliphatic hydroxyl groups is 1. The molecule has 7 heteroatoms. The second-order valence-electron chi connectivity index (χ2n) is 3.82. The number of aliphatic hydroxyl groups excluding tert-OH is 1. The zero-order chi connectivity index (χ0) is 14.3. The number of halogens is 1. The first-order valence-electron chi connectivity index (χ1n) is 5.76. The van der Waals surface area contributed by atoms with Crippen molar-refractivity contribution in [2.75, 3.05) is 38.3 Å². The van der Waals surface area contributed by atoms with Gasteiger partial charge in [-0.2, -0.15) is 0 Å². The Bertz CT molecular complexity index is 440. The minimum absolute atomic E-state index is 0.00579. The summed E-state index contributed by atoms with van der Waals surface area (Å²) in [5, 5.41) is 21.1. The van der Waals surface area contributed by atoms with Gasteiger partial charge < -0.3 is 25.7 Å². The van der Waals surface area contributed by atoms with E-state index in [0.717, 1.165) is 10.2 Å². The summed E-state index contributed by atoms with van der Waals surface area (Å²) in [6.45, 7) is 1.55. The van der Waals surface area contributed by atoms with Gasteiger partial charge in [0, 0.05) is 30.4 Å². The molecule has 0 heterocycles. The SMILES string of the molecule is COCCN(CCO)c1cccc(Br)c1/C(N)=N/O. The molecule has 0 aromatic heterocycles. The molecule has 0 radical (unpaired) electrons. The largest absolute Gasteiger partial charge is 0.409 e. The van der Waals surface area contributed by atoms with Crippen molar-refractivity contribution in [3.05, 3.63) is 28.2 Å². The van der Waals surface area contributed by atoms with Crippen molar-refractivity contribution in [2.24, 2.45) is 10.9 Å². The standard InChI is InChI=1S/C12H18BrN3O3/c1-19-8-6-16(5-7-17)10-4-2-3-9(13)11(10)12(14)15-18/h2-4,17-18H,5-8H2,1H3,(H2,14,15). The van der Waals surface area contributed by atoms with Crippen LogP contribution in [-0.4, -0.2) is 49.6 Å². The Morgan fingerprint density at radius 3 is 2.79 bits per heavy atom.